The van der Waals surface area contributed by atoms with Crippen LogP contribution >= 0.6 is 0 Å². The Labute approximate surface area is 180 Å². The molecule has 0 aliphatic carbocycles. The number of anilines is 1. The third kappa shape index (κ3) is 6.27. The smallest absolute Gasteiger partial charge is 0.416 e. The molecule has 6 nitrogen and oxygen atoms in total. The molecular weight excluding hydrogens is 411 g/mol. The minimum atomic E-state index is -4.37. The normalized spacial score (nSPS) is 20.6. The Morgan fingerprint density at radius 1 is 1.06 bits per heavy atom. The molecule has 2 fully saturated rings. The highest BCUT2D eigenvalue weighted by Crippen LogP contribution is 2.33. The van der Waals surface area contributed by atoms with E-state index < -0.39 is 23.4 Å². The molecule has 0 radical (unpaired) electrons. The monoisotopic (exact) mass is 441 g/mol. The number of nitrogens with one attached hydrogen (secondary N) is 1. The van der Waals surface area contributed by atoms with Crippen molar-refractivity contribution in [1.29, 1.82) is 0 Å². The van der Waals surface area contributed by atoms with E-state index in [1.807, 2.05) is 4.90 Å². The van der Waals surface area contributed by atoms with Gasteiger partial charge in [-0.05, 0) is 58.2 Å². The second-order valence-corrected chi connectivity index (χ2v) is 9.23. The van der Waals surface area contributed by atoms with Gasteiger partial charge in [0.2, 0.25) is 5.91 Å². The van der Waals surface area contributed by atoms with Crippen LogP contribution in [0.1, 0.15) is 45.6 Å². The van der Waals surface area contributed by atoms with E-state index in [9.17, 15) is 22.8 Å². The molecule has 2 aliphatic heterocycles. The van der Waals surface area contributed by atoms with Crippen LogP contribution in [0.15, 0.2) is 24.3 Å². The van der Waals surface area contributed by atoms with Gasteiger partial charge in [-0.15, -0.1) is 0 Å². The van der Waals surface area contributed by atoms with Gasteiger partial charge in [0.05, 0.1) is 11.6 Å². The molecule has 1 atom stereocenters. The fourth-order valence-corrected chi connectivity index (χ4v) is 4.07. The number of rotatable bonds is 3. The molecule has 1 aromatic rings. The lowest BCUT2D eigenvalue weighted by molar-refractivity contribution is -0.137. The zero-order valence-electron chi connectivity index (χ0n) is 18.2. The van der Waals surface area contributed by atoms with Crippen LogP contribution < -0.4 is 10.2 Å². The molecule has 3 rings (SSSR count). The number of ether oxygens (including phenoxy) is 1. The molecule has 2 heterocycles. The number of alkyl carbamates (subject to hydrolysis) is 1. The molecule has 0 unspecified atom stereocenters. The van der Waals surface area contributed by atoms with Gasteiger partial charge in [-0.2, -0.15) is 13.2 Å². The minimum absolute atomic E-state index is 0.0529. The lowest BCUT2D eigenvalue weighted by Crippen LogP contribution is -2.44. The van der Waals surface area contributed by atoms with Gasteiger partial charge in [0.25, 0.3) is 0 Å². The Morgan fingerprint density at radius 2 is 1.74 bits per heavy atom. The molecular formula is C22H30F3N3O3. The molecule has 9 heteroatoms. The van der Waals surface area contributed by atoms with Crippen molar-refractivity contribution >= 4 is 17.7 Å². The Morgan fingerprint density at radius 3 is 2.35 bits per heavy atom. The van der Waals surface area contributed by atoms with Crippen molar-refractivity contribution in [2.24, 2.45) is 5.92 Å². The van der Waals surface area contributed by atoms with Crippen molar-refractivity contribution in [1.82, 2.24) is 10.2 Å². The summed E-state index contributed by atoms with van der Waals surface area (Å²) in [7, 11) is 0. The number of nitrogens with zero attached hydrogens (tertiary/aromatic N) is 2. The van der Waals surface area contributed by atoms with E-state index in [0.29, 0.717) is 51.1 Å². The number of alkyl halides is 3. The van der Waals surface area contributed by atoms with Crippen molar-refractivity contribution in [2.75, 3.05) is 31.1 Å². The first kappa shape index (κ1) is 23.2. The van der Waals surface area contributed by atoms with Crippen LogP contribution in [-0.2, 0) is 15.7 Å². The Bertz CT molecular complexity index is 799. The van der Waals surface area contributed by atoms with E-state index in [1.54, 1.807) is 31.7 Å². The summed E-state index contributed by atoms with van der Waals surface area (Å²) in [4.78, 5) is 28.5. The summed E-state index contributed by atoms with van der Waals surface area (Å²) in [6, 6.07) is 5.18. The summed E-state index contributed by atoms with van der Waals surface area (Å²) in [6.45, 7) is 7.48. The van der Waals surface area contributed by atoms with Gasteiger partial charge in [0, 0.05) is 37.8 Å². The lowest BCUT2D eigenvalue weighted by Gasteiger charge is -2.34. The van der Waals surface area contributed by atoms with Gasteiger partial charge in [-0.3, -0.25) is 4.79 Å². The van der Waals surface area contributed by atoms with Crippen molar-refractivity contribution in [3.05, 3.63) is 29.8 Å². The van der Waals surface area contributed by atoms with Gasteiger partial charge in [0.15, 0.2) is 0 Å². The van der Waals surface area contributed by atoms with Gasteiger partial charge in [0.1, 0.15) is 5.60 Å². The summed E-state index contributed by atoms with van der Waals surface area (Å²) < 4.78 is 44.2. The predicted octanol–water partition coefficient (Wildman–Crippen LogP) is 4.05. The Balaban J connectivity index is 1.49. The Kier molecular flexibility index (Phi) is 6.71. The number of likely N-dealkylation sites (tertiary alicyclic amines) is 1. The molecule has 2 amide bonds. The van der Waals surface area contributed by atoms with E-state index in [4.69, 9.17) is 4.74 Å². The fourth-order valence-electron chi connectivity index (χ4n) is 4.07. The van der Waals surface area contributed by atoms with Crippen molar-refractivity contribution in [3.63, 3.8) is 0 Å². The number of carbonyl (C=O) groups excluding carboxylic acids is 2. The van der Waals surface area contributed by atoms with E-state index in [2.05, 4.69) is 5.32 Å². The minimum Gasteiger partial charge on any atom is -0.444 e. The SMILES string of the molecule is CC(C)(C)OC(=O)N[C@H]1CCN(C(=O)C2CCN(c3cccc(C(F)(F)F)c3)CC2)C1. The van der Waals surface area contributed by atoms with Gasteiger partial charge >= 0.3 is 12.3 Å². The van der Waals surface area contributed by atoms with Crippen molar-refractivity contribution in [3.8, 4) is 0 Å². The zero-order valence-corrected chi connectivity index (χ0v) is 18.2. The summed E-state index contributed by atoms with van der Waals surface area (Å²) in [5.41, 5.74) is -0.710. The van der Waals surface area contributed by atoms with Crippen LogP contribution in [0.2, 0.25) is 0 Å². The van der Waals surface area contributed by atoms with Gasteiger partial charge in [-0.1, -0.05) is 6.07 Å². The summed E-state index contributed by atoms with van der Waals surface area (Å²) in [5.74, 6) is -0.0977. The summed E-state index contributed by atoms with van der Waals surface area (Å²) in [5, 5.41) is 2.81. The van der Waals surface area contributed by atoms with E-state index in [0.717, 1.165) is 12.1 Å². The predicted molar refractivity (Wildman–Crippen MR) is 111 cm³/mol. The number of benzene rings is 1. The lowest BCUT2D eigenvalue weighted by atomic mass is 9.95. The maximum Gasteiger partial charge on any atom is 0.416 e. The molecule has 0 bridgehead atoms. The molecule has 0 aromatic heterocycles. The maximum absolute atomic E-state index is 13.0. The van der Waals surface area contributed by atoms with E-state index in [-0.39, 0.29) is 17.9 Å². The first-order chi connectivity index (χ1) is 14.4. The zero-order chi connectivity index (χ0) is 22.8. The Hall–Kier alpha value is -2.45. The van der Waals surface area contributed by atoms with E-state index >= 15 is 0 Å². The maximum atomic E-state index is 13.0. The first-order valence-corrected chi connectivity index (χ1v) is 10.6. The highest BCUT2D eigenvalue weighted by atomic mass is 19.4. The van der Waals surface area contributed by atoms with Gasteiger partial charge < -0.3 is 19.9 Å². The van der Waals surface area contributed by atoms with Crippen molar-refractivity contribution < 1.29 is 27.5 Å². The fraction of sp³-hybridized carbons (Fsp3) is 0.636. The van der Waals surface area contributed by atoms with Crippen LogP contribution in [0.4, 0.5) is 23.7 Å². The first-order valence-electron chi connectivity index (χ1n) is 10.6. The average Bonchev–Trinajstić information content (AvgIpc) is 3.14. The van der Waals surface area contributed by atoms with Crippen LogP contribution in [0.25, 0.3) is 0 Å². The second-order valence-electron chi connectivity index (χ2n) is 9.23. The number of carbonyl (C=O) groups is 2. The number of piperidine rings is 1. The molecule has 2 aliphatic rings. The van der Waals surface area contributed by atoms with Gasteiger partial charge in [-0.25, -0.2) is 4.79 Å². The highest BCUT2D eigenvalue weighted by Gasteiger charge is 2.35. The second kappa shape index (κ2) is 8.96. The third-order valence-corrected chi connectivity index (χ3v) is 5.60. The van der Waals surface area contributed by atoms with Crippen LogP contribution in [0.5, 0.6) is 0 Å². The van der Waals surface area contributed by atoms with Crippen LogP contribution in [-0.4, -0.2) is 54.7 Å². The molecule has 1 N–H and O–H groups in total. The molecule has 172 valence electrons. The quantitative estimate of drug-likeness (QED) is 0.769. The molecule has 0 saturated carbocycles. The summed E-state index contributed by atoms with van der Waals surface area (Å²) >= 11 is 0. The molecule has 31 heavy (non-hydrogen) atoms. The van der Waals surface area contributed by atoms with Crippen LogP contribution in [0.3, 0.4) is 0 Å². The largest absolute Gasteiger partial charge is 0.444 e. The molecule has 0 spiro atoms. The van der Waals surface area contributed by atoms with Crippen LogP contribution in [0, 0.1) is 5.92 Å². The van der Waals surface area contributed by atoms with E-state index in [1.165, 1.54) is 6.07 Å². The van der Waals surface area contributed by atoms with Crippen molar-refractivity contribution in [2.45, 2.75) is 57.9 Å². The number of halogens is 3. The highest BCUT2D eigenvalue weighted by molar-refractivity contribution is 5.79. The average molecular weight is 441 g/mol. The molecule has 2 saturated heterocycles. The molecule has 1 aromatic carbocycles. The topological polar surface area (TPSA) is 61.9 Å². The summed E-state index contributed by atoms with van der Waals surface area (Å²) in [6.07, 6.45) is -3.00. The number of hydrogen-bond donors (Lipinski definition) is 1. The number of amides is 2. The standard InChI is InChI=1S/C22H30F3N3O3/c1-21(2,3)31-20(30)26-17-9-12-28(14-17)19(29)15-7-10-27(11-8-15)18-6-4-5-16(13-18)22(23,24)25/h4-6,13,15,17H,7-12,14H2,1-3H3,(H,26,30)/t17-/m0/s1. The number of hydrogen-bond acceptors (Lipinski definition) is 4. The third-order valence-electron chi connectivity index (χ3n) is 5.60.